The average molecular weight is 428 g/mol. The highest BCUT2D eigenvalue weighted by Crippen LogP contribution is 2.32. The molecule has 6 heteroatoms. The van der Waals surface area contributed by atoms with Crippen molar-refractivity contribution in [3.8, 4) is 5.75 Å². The van der Waals surface area contributed by atoms with E-state index in [1.165, 1.54) is 12.7 Å². The van der Waals surface area contributed by atoms with Crippen molar-refractivity contribution >= 4 is 17.7 Å². The van der Waals surface area contributed by atoms with Gasteiger partial charge in [0.1, 0.15) is 12.4 Å². The zero-order valence-electron chi connectivity index (χ0n) is 17.9. The van der Waals surface area contributed by atoms with Gasteiger partial charge in [0, 0.05) is 0 Å². The van der Waals surface area contributed by atoms with Gasteiger partial charge in [0.25, 0.3) is 0 Å². The van der Waals surface area contributed by atoms with Gasteiger partial charge < -0.3 is 20.1 Å². The third-order valence-electron chi connectivity index (χ3n) is 5.28. The molecule has 3 aromatic carbocycles. The molecular formula is C26H24N2O4. The molecule has 0 aromatic heterocycles. The Kier molecular flexibility index (Phi) is 6.22. The van der Waals surface area contributed by atoms with Crippen molar-refractivity contribution in [2.24, 2.45) is 0 Å². The normalized spacial score (nSPS) is 15.6. The number of carbonyl (C=O) groups excluding carboxylic acids is 2. The Hall–Kier alpha value is -4.06. The quantitative estimate of drug-likeness (QED) is 0.567. The van der Waals surface area contributed by atoms with E-state index >= 15 is 0 Å². The van der Waals surface area contributed by atoms with Gasteiger partial charge in [-0.15, -0.1) is 0 Å². The molecule has 6 nitrogen and oxygen atoms in total. The number of nitrogens with one attached hydrogen (secondary N) is 2. The molecule has 0 saturated carbocycles. The van der Waals surface area contributed by atoms with Crippen LogP contribution < -0.4 is 15.4 Å². The van der Waals surface area contributed by atoms with Gasteiger partial charge in [0.2, 0.25) is 0 Å². The summed E-state index contributed by atoms with van der Waals surface area (Å²) in [6, 6.07) is 23.7. The zero-order valence-corrected chi connectivity index (χ0v) is 17.9. The van der Waals surface area contributed by atoms with Crippen LogP contribution in [0.1, 0.15) is 28.3 Å². The van der Waals surface area contributed by atoms with Crippen LogP contribution in [0.15, 0.2) is 84.4 Å². The SMILES string of the molecule is COC(=O)C1=C(c2ccccc2)NC(=O)NC1c1ccc(OCc2ccc(C)cc2)cc1. The lowest BCUT2D eigenvalue weighted by Crippen LogP contribution is -2.45. The van der Waals surface area contributed by atoms with Crippen LogP contribution in [0.4, 0.5) is 4.79 Å². The Balaban J connectivity index is 1.61. The number of hydrogen-bond acceptors (Lipinski definition) is 4. The maximum atomic E-state index is 12.7. The summed E-state index contributed by atoms with van der Waals surface area (Å²) in [7, 11) is 1.33. The molecule has 3 aromatic rings. The van der Waals surface area contributed by atoms with Crippen LogP contribution in [-0.4, -0.2) is 19.1 Å². The van der Waals surface area contributed by atoms with E-state index in [0.29, 0.717) is 23.6 Å². The lowest BCUT2D eigenvalue weighted by Gasteiger charge is -2.29. The Labute approximate surface area is 186 Å². The summed E-state index contributed by atoms with van der Waals surface area (Å²) in [6.45, 7) is 2.50. The van der Waals surface area contributed by atoms with Crippen molar-refractivity contribution in [3.05, 3.63) is 107 Å². The topological polar surface area (TPSA) is 76.7 Å². The van der Waals surface area contributed by atoms with E-state index in [4.69, 9.17) is 9.47 Å². The molecule has 0 aliphatic carbocycles. The lowest BCUT2D eigenvalue weighted by atomic mass is 9.92. The van der Waals surface area contributed by atoms with E-state index in [0.717, 1.165) is 16.7 Å². The Morgan fingerprint density at radius 3 is 2.28 bits per heavy atom. The molecule has 1 unspecified atom stereocenters. The first-order valence-electron chi connectivity index (χ1n) is 10.3. The third kappa shape index (κ3) is 4.64. The summed E-state index contributed by atoms with van der Waals surface area (Å²) in [5.41, 5.74) is 4.53. The van der Waals surface area contributed by atoms with E-state index < -0.39 is 12.0 Å². The third-order valence-corrected chi connectivity index (χ3v) is 5.28. The first-order chi connectivity index (χ1) is 15.5. The van der Waals surface area contributed by atoms with Crippen molar-refractivity contribution in [2.45, 2.75) is 19.6 Å². The molecule has 1 heterocycles. The van der Waals surface area contributed by atoms with Crippen molar-refractivity contribution in [2.75, 3.05) is 7.11 Å². The fraction of sp³-hybridized carbons (Fsp3) is 0.154. The number of urea groups is 1. The molecule has 0 spiro atoms. The molecule has 0 radical (unpaired) electrons. The summed E-state index contributed by atoms with van der Waals surface area (Å²) in [5.74, 6) is 0.183. The maximum Gasteiger partial charge on any atom is 0.338 e. The monoisotopic (exact) mass is 428 g/mol. The van der Waals surface area contributed by atoms with Crippen LogP contribution in [0, 0.1) is 6.92 Å². The van der Waals surface area contributed by atoms with E-state index in [-0.39, 0.29) is 6.03 Å². The molecule has 32 heavy (non-hydrogen) atoms. The minimum absolute atomic E-state index is 0.339. The van der Waals surface area contributed by atoms with Crippen molar-refractivity contribution in [1.29, 1.82) is 0 Å². The Bertz CT molecular complexity index is 1140. The van der Waals surface area contributed by atoms with Crippen LogP contribution >= 0.6 is 0 Å². The highest BCUT2D eigenvalue weighted by molar-refractivity contribution is 6.04. The molecule has 0 saturated heterocycles. The highest BCUT2D eigenvalue weighted by Gasteiger charge is 2.34. The largest absolute Gasteiger partial charge is 0.489 e. The number of amides is 2. The Morgan fingerprint density at radius 2 is 1.62 bits per heavy atom. The molecule has 4 rings (SSSR count). The number of ether oxygens (including phenoxy) is 2. The van der Waals surface area contributed by atoms with Gasteiger partial charge in [-0.25, -0.2) is 9.59 Å². The molecule has 0 bridgehead atoms. The number of esters is 1. The standard InChI is InChI=1S/C26H24N2O4/c1-17-8-10-18(11-9-17)16-32-21-14-12-20(13-15-21)24-22(25(29)31-2)23(27-26(30)28-24)19-6-4-3-5-7-19/h3-15,24H,16H2,1-2H3,(H2,27,28,30). The van der Waals surface area contributed by atoms with Gasteiger partial charge in [-0.1, -0.05) is 72.3 Å². The molecule has 1 aliphatic rings. The molecule has 1 atom stereocenters. The molecule has 2 N–H and O–H groups in total. The van der Waals surface area contributed by atoms with Gasteiger partial charge >= 0.3 is 12.0 Å². The summed E-state index contributed by atoms with van der Waals surface area (Å²) in [5, 5.41) is 5.59. The fourth-order valence-corrected chi connectivity index (χ4v) is 3.58. The van der Waals surface area contributed by atoms with Gasteiger partial charge in [0.05, 0.1) is 24.4 Å². The summed E-state index contributed by atoms with van der Waals surface area (Å²) < 4.78 is 10.9. The van der Waals surface area contributed by atoms with Crippen molar-refractivity contribution in [3.63, 3.8) is 0 Å². The van der Waals surface area contributed by atoms with Crippen LogP contribution in [0.3, 0.4) is 0 Å². The summed E-state index contributed by atoms with van der Waals surface area (Å²) >= 11 is 0. The number of methoxy groups -OCH3 is 1. The second-order valence-electron chi connectivity index (χ2n) is 7.52. The van der Waals surface area contributed by atoms with Crippen molar-refractivity contribution < 1.29 is 19.1 Å². The van der Waals surface area contributed by atoms with Gasteiger partial charge in [-0.2, -0.15) is 0 Å². The number of hydrogen-bond donors (Lipinski definition) is 2. The molecule has 1 aliphatic heterocycles. The smallest absolute Gasteiger partial charge is 0.338 e. The number of carbonyl (C=O) groups is 2. The van der Waals surface area contributed by atoms with E-state index in [2.05, 4.69) is 10.6 Å². The number of aryl methyl sites for hydroxylation is 1. The molecule has 2 amide bonds. The number of rotatable bonds is 6. The van der Waals surface area contributed by atoms with Crippen molar-refractivity contribution in [1.82, 2.24) is 10.6 Å². The van der Waals surface area contributed by atoms with Crippen LogP contribution in [0.5, 0.6) is 5.75 Å². The minimum Gasteiger partial charge on any atom is -0.489 e. The molecule has 162 valence electrons. The molecular weight excluding hydrogens is 404 g/mol. The van der Waals surface area contributed by atoms with Crippen LogP contribution in [0.2, 0.25) is 0 Å². The molecule has 0 fully saturated rings. The average Bonchev–Trinajstić information content (AvgIpc) is 2.83. The Morgan fingerprint density at radius 1 is 0.938 bits per heavy atom. The summed E-state index contributed by atoms with van der Waals surface area (Å²) in [6.07, 6.45) is 0. The predicted molar refractivity (Wildman–Crippen MR) is 122 cm³/mol. The second-order valence-corrected chi connectivity index (χ2v) is 7.52. The highest BCUT2D eigenvalue weighted by atomic mass is 16.5. The number of benzene rings is 3. The van der Waals surface area contributed by atoms with E-state index in [1.807, 2.05) is 85.8 Å². The second kappa shape index (κ2) is 9.39. The predicted octanol–water partition coefficient (Wildman–Crippen LogP) is 4.51. The first kappa shape index (κ1) is 21.2. The zero-order chi connectivity index (χ0) is 22.5. The fourth-order valence-electron chi connectivity index (χ4n) is 3.58. The first-order valence-corrected chi connectivity index (χ1v) is 10.3. The lowest BCUT2D eigenvalue weighted by molar-refractivity contribution is -0.136. The summed E-state index contributed by atoms with van der Waals surface area (Å²) in [4.78, 5) is 25.1. The maximum absolute atomic E-state index is 12.7. The van der Waals surface area contributed by atoms with E-state index in [9.17, 15) is 9.59 Å². The van der Waals surface area contributed by atoms with Gasteiger partial charge in [0.15, 0.2) is 0 Å². The van der Waals surface area contributed by atoms with E-state index in [1.54, 1.807) is 0 Å². The van der Waals surface area contributed by atoms with Crippen LogP contribution in [0.25, 0.3) is 5.70 Å². The van der Waals surface area contributed by atoms with Gasteiger partial charge in [-0.3, -0.25) is 0 Å². The van der Waals surface area contributed by atoms with Crippen LogP contribution in [-0.2, 0) is 16.1 Å². The van der Waals surface area contributed by atoms with Gasteiger partial charge in [-0.05, 0) is 35.7 Å². The minimum atomic E-state index is -0.655.